The standard InChI is InChI=1S/C14H13FO/c1-9-8-14(16)10(2)7-13(9)11-3-5-12(15)6-4-11/h3-8,16H,1-2H3. The summed E-state index contributed by atoms with van der Waals surface area (Å²) < 4.78 is 12.8. The zero-order valence-electron chi connectivity index (χ0n) is 9.29. The summed E-state index contributed by atoms with van der Waals surface area (Å²) in [7, 11) is 0. The molecule has 1 nitrogen and oxygen atoms in total. The number of phenols is 1. The van der Waals surface area contributed by atoms with E-state index in [1.165, 1.54) is 12.1 Å². The van der Waals surface area contributed by atoms with Gasteiger partial charge >= 0.3 is 0 Å². The highest BCUT2D eigenvalue weighted by molar-refractivity contribution is 5.69. The van der Waals surface area contributed by atoms with Crippen LogP contribution in [0.15, 0.2) is 36.4 Å². The van der Waals surface area contributed by atoms with E-state index < -0.39 is 0 Å². The minimum atomic E-state index is -0.239. The smallest absolute Gasteiger partial charge is 0.123 e. The van der Waals surface area contributed by atoms with Crippen LogP contribution in [0.25, 0.3) is 11.1 Å². The van der Waals surface area contributed by atoms with E-state index in [1.807, 2.05) is 19.9 Å². The van der Waals surface area contributed by atoms with Crippen molar-refractivity contribution in [2.24, 2.45) is 0 Å². The molecule has 2 aromatic carbocycles. The Labute approximate surface area is 94.2 Å². The van der Waals surface area contributed by atoms with E-state index in [4.69, 9.17) is 0 Å². The molecule has 0 radical (unpaired) electrons. The number of rotatable bonds is 1. The molecule has 0 aliphatic heterocycles. The molecule has 0 saturated heterocycles. The van der Waals surface area contributed by atoms with Crippen molar-refractivity contribution in [1.29, 1.82) is 0 Å². The maximum atomic E-state index is 12.8. The highest BCUT2D eigenvalue weighted by atomic mass is 19.1. The molecule has 0 aromatic heterocycles. The van der Waals surface area contributed by atoms with Crippen molar-refractivity contribution in [3.05, 3.63) is 53.3 Å². The van der Waals surface area contributed by atoms with E-state index in [9.17, 15) is 9.50 Å². The van der Waals surface area contributed by atoms with Gasteiger partial charge in [-0.2, -0.15) is 0 Å². The fraction of sp³-hybridized carbons (Fsp3) is 0.143. The summed E-state index contributed by atoms with van der Waals surface area (Å²) in [6.45, 7) is 3.78. The first-order valence-electron chi connectivity index (χ1n) is 5.14. The van der Waals surface area contributed by atoms with Crippen LogP contribution in [0.1, 0.15) is 11.1 Å². The van der Waals surface area contributed by atoms with Gasteiger partial charge in [0.05, 0.1) is 0 Å². The van der Waals surface area contributed by atoms with Crippen LogP contribution >= 0.6 is 0 Å². The van der Waals surface area contributed by atoms with Gasteiger partial charge in [-0.3, -0.25) is 0 Å². The van der Waals surface area contributed by atoms with E-state index in [1.54, 1.807) is 18.2 Å². The molecule has 82 valence electrons. The minimum Gasteiger partial charge on any atom is -0.508 e. The van der Waals surface area contributed by atoms with Crippen molar-refractivity contribution in [1.82, 2.24) is 0 Å². The van der Waals surface area contributed by atoms with Crippen LogP contribution in [0, 0.1) is 19.7 Å². The van der Waals surface area contributed by atoms with Crippen molar-refractivity contribution >= 4 is 0 Å². The summed E-state index contributed by atoms with van der Waals surface area (Å²) in [6, 6.07) is 10.0. The molecule has 1 N–H and O–H groups in total. The van der Waals surface area contributed by atoms with E-state index in [-0.39, 0.29) is 5.82 Å². The Kier molecular flexibility index (Phi) is 2.65. The van der Waals surface area contributed by atoms with Crippen molar-refractivity contribution < 1.29 is 9.50 Å². The molecular formula is C14H13FO. The molecule has 2 rings (SSSR count). The van der Waals surface area contributed by atoms with Crippen LogP contribution in [0.3, 0.4) is 0 Å². The fourth-order valence-electron chi connectivity index (χ4n) is 1.74. The van der Waals surface area contributed by atoms with E-state index in [0.717, 1.165) is 22.3 Å². The molecule has 2 aromatic rings. The number of aromatic hydroxyl groups is 1. The predicted octanol–water partition coefficient (Wildman–Crippen LogP) is 3.82. The number of hydrogen-bond donors (Lipinski definition) is 1. The molecule has 0 bridgehead atoms. The molecule has 0 heterocycles. The molecule has 0 spiro atoms. The van der Waals surface area contributed by atoms with Crippen molar-refractivity contribution in [2.45, 2.75) is 13.8 Å². The van der Waals surface area contributed by atoms with E-state index >= 15 is 0 Å². The van der Waals surface area contributed by atoms with Gasteiger partial charge in [-0.25, -0.2) is 4.39 Å². The quantitative estimate of drug-likeness (QED) is 0.768. The molecule has 0 fully saturated rings. The molecule has 0 aliphatic carbocycles. The average molecular weight is 216 g/mol. The zero-order chi connectivity index (χ0) is 11.7. The molecule has 2 heteroatoms. The fourth-order valence-corrected chi connectivity index (χ4v) is 1.74. The second kappa shape index (κ2) is 3.97. The lowest BCUT2D eigenvalue weighted by Crippen LogP contribution is -1.86. The maximum absolute atomic E-state index is 12.8. The summed E-state index contributed by atoms with van der Waals surface area (Å²) in [5.41, 5.74) is 3.79. The number of hydrogen-bond acceptors (Lipinski definition) is 1. The monoisotopic (exact) mass is 216 g/mol. The van der Waals surface area contributed by atoms with Gasteiger partial charge in [-0.05, 0) is 60.4 Å². The molecule has 0 unspecified atom stereocenters. The van der Waals surface area contributed by atoms with Crippen LogP contribution < -0.4 is 0 Å². The minimum absolute atomic E-state index is 0.239. The Bertz CT molecular complexity index is 515. The van der Waals surface area contributed by atoms with Crippen LogP contribution in [0.4, 0.5) is 4.39 Å². The Morgan fingerprint density at radius 3 is 2.19 bits per heavy atom. The summed E-state index contributed by atoms with van der Waals surface area (Å²) in [5.74, 6) is 0.0558. The zero-order valence-corrected chi connectivity index (χ0v) is 9.29. The predicted molar refractivity (Wildman–Crippen MR) is 63.0 cm³/mol. The van der Waals surface area contributed by atoms with Gasteiger partial charge in [0, 0.05) is 0 Å². The summed E-state index contributed by atoms with van der Waals surface area (Å²) in [4.78, 5) is 0. The first-order chi connectivity index (χ1) is 7.58. The topological polar surface area (TPSA) is 20.2 Å². The number of halogens is 1. The SMILES string of the molecule is Cc1cc(-c2ccc(F)cc2)c(C)cc1O. The van der Waals surface area contributed by atoms with Crippen molar-refractivity contribution in [3.63, 3.8) is 0 Å². The third-order valence-electron chi connectivity index (χ3n) is 2.70. The molecular weight excluding hydrogens is 203 g/mol. The Hall–Kier alpha value is -1.83. The lowest BCUT2D eigenvalue weighted by Gasteiger charge is -2.09. The average Bonchev–Trinajstić information content (AvgIpc) is 2.25. The molecule has 16 heavy (non-hydrogen) atoms. The van der Waals surface area contributed by atoms with Crippen molar-refractivity contribution in [3.8, 4) is 16.9 Å². The van der Waals surface area contributed by atoms with Crippen LogP contribution in [-0.2, 0) is 0 Å². The number of benzene rings is 2. The van der Waals surface area contributed by atoms with Gasteiger partial charge in [-0.15, -0.1) is 0 Å². The van der Waals surface area contributed by atoms with Crippen LogP contribution in [0.2, 0.25) is 0 Å². The Morgan fingerprint density at radius 1 is 0.938 bits per heavy atom. The van der Waals surface area contributed by atoms with Gasteiger partial charge in [-0.1, -0.05) is 12.1 Å². The van der Waals surface area contributed by atoms with Gasteiger partial charge in [0.15, 0.2) is 0 Å². The first-order valence-corrected chi connectivity index (χ1v) is 5.14. The largest absolute Gasteiger partial charge is 0.508 e. The summed E-state index contributed by atoms with van der Waals surface area (Å²) >= 11 is 0. The molecule has 0 saturated carbocycles. The second-order valence-corrected chi connectivity index (χ2v) is 3.96. The summed E-state index contributed by atoms with van der Waals surface area (Å²) in [6.07, 6.45) is 0. The van der Waals surface area contributed by atoms with E-state index in [0.29, 0.717) is 5.75 Å². The third kappa shape index (κ3) is 1.91. The first kappa shape index (κ1) is 10.7. The van der Waals surface area contributed by atoms with E-state index in [2.05, 4.69) is 0 Å². The van der Waals surface area contributed by atoms with Gasteiger partial charge in [0.2, 0.25) is 0 Å². The molecule has 0 atom stereocenters. The molecule has 0 amide bonds. The normalized spacial score (nSPS) is 10.4. The van der Waals surface area contributed by atoms with Gasteiger partial charge in [0.25, 0.3) is 0 Å². The van der Waals surface area contributed by atoms with Crippen LogP contribution in [-0.4, -0.2) is 5.11 Å². The highest BCUT2D eigenvalue weighted by Crippen LogP contribution is 2.29. The number of aryl methyl sites for hydroxylation is 2. The third-order valence-corrected chi connectivity index (χ3v) is 2.70. The lowest BCUT2D eigenvalue weighted by atomic mass is 9.98. The number of phenolic OH excluding ortho intramolecular Hbond substituents is 1. The summed E-state index contributed by atoms with van der Waals surface area (Å²) in [5, 5.41) is 9.56. The van der Waals surface area contributed by atoms with Gasteiger partial charge < -0.3 is 5.11 Å². The van der Waals surface area contributed by atoms with Gasteiger partial charge in [0.1, 0.15) is 11.6 Å². The lowest BCUT2D eigenvalue weighted by molar-refractivity contribution is 0.471. The maximum Gasteiger partial charge on any atom is 0.123 e. The Morgan fingerprint density at radius 2 is 1.56 bits per heavy atom. The highest BCUT2D eigenvalue weighted by Gasteiger charge is 2.05. The Balaban J connectivity index is 2.56. The van der Waals surface area contributed by atoms with Crippen molar-refractivity contribution in [2.75, 3.05) is 0 Å². The second-order valence-electron chi connectivity index (χ2n) is 3.96. The van der Waals surface area contributed by atoms with Crippen LogP contribution in [0.5, 0.6) is 5.75 Å². The molecule has 0 aliphatic rings.